The molecule has 4 aromatic rings. The molecule has 2 nitrogen and oxygen atoms in total. The Morgan fingerprint density at radius 3 is 1.89 bits per heavy atom. The molecule has 0 aliphatic carbocycles. The first-order valence-electron chi connectivity index (χ1n) is 9.74. The number of para-hydroxylation sites is 1. The molecule has 0 bridgehead atoms. The van der Waals surface area contributed by atoms with Crippen LogP contribution in [0.4, 0.5) is 17.1 Å². The molecular weight excluding hydrogens is 340 g/mol. The maximum Gasteiger partial charge on any atom is 0.0645 e. The van der Waals surface area contributed by atoms with Crippen molar-refractivity contribution < 1.29 is 0 Å². The van der Waals surface area contributed by atoms with E-state index in [1.165, 1.54) is 16.7 Å². The van der Waals surface area contributed by atoms with E-state index in [2.05, 4.69) is 95.7 Å². The molecule has 140 valence electrons. The number of nitrogens with zero attached hydrogens (tertiary/aromatic N) is 2. The van der Waals surface area contributed by atoms with Crippen LogP contribution < -0.4 is 4.90 Å². The van der Waals surface area contributed by atoms with E-state index in [-0.39, 0.29) is 0 Å². The van der Waals surface area contributed by atoms with Crippen molar-refractivity contribution in [1.29, 1.82) is 0 Å². The number of hydrogen-bond donors (Lipinski definition) is 0. The molecule has 0 amide bonds. The molecule has 4 rings (SSSR count). The minimum absolute atomic E-state index is 1.05. The molecule has 1 aromatic heterocycles. The summed E-state index contributed by atoms with van der Waals surface area (Å²) in [5, 5.41) is 0. The van der Waals surface area contributed by atoms with E-state index in [9.17, 15) is 0 Å². The van der Waals surface area contributed by atoms with Crippen molar-refractivity contribution >= 4 is 17.1 Å². The van der Waals surface area contributed by atoms with Gasteiger partial charge < -0.3 is 4.90 Å². The van der Waals surface area contributed by atoms with Crippen LogP contribution in [-0.4, -0.2) is 4.98 Å². The molecular formula is C26H26N2. The summed E-state index contributed by atoms with van der Waals surface area (Å²) in [5.74, 6) is 0. The van der Waals surface area contributed by atoms with Crippen LogP contribution in [0.1, 0.15) is 19.4 Å². The van der Waals surface area contributed by atoms with Crippen LogP contribution in [0.25, 0.3) is 11.1 Å². The first-order valence-corrected chi connectivity index (χ1v) is 9.74. The highest BCUT2D eigenvalue weighted by molar-refractivity contribution is 5.79. The van der Waals surface area contributed by atoms with Crippen LogP contribution in [0, 0.1) is 6.92 Å². The predicted octanol–water partition coefficient (Wildman–Crippen LogP) is 7.55. The van der Waals surface area contributed by atoms with E-state index < -0.39 is 0 Å². The Morgan fingerprint density at radius 1 is 0.607 bits per heavy atom. The van der Waals surface area contributed by atoms with Gasteiger partial charge in [0.2, 0.25) is 0 Å². The number of benzene rings is 3. The second kappa shape index (κ2) is 9.52. The highest BCUT2D eigenvalue weighted by Gasteiger charge is 2.14. The maximum atomic E-state index is 4.31. The highest BCUT2D eigenvalue weighted by Crippen LogP contribution is 2.36. The van der Waals surface area contributed by atoms with Gasteiger partial charge in [-0.1, -0.05) is 74.5 Å². The summed E-state index contributed by atoms with van der Waals surface area (Å²) < 4.78 is 0. The Hall–Kier alpha value is -3.39. The summed E-state index contributed by atoms with van der Waals surface area (Å²) in [4.78, 5) is 6.56. The molecule has 2 heteroatoms. The largest absolute Gasteiger partial charge is 0.309 e. The van der Waals surface area contributed by atoms with Gasteiger partial charge in [0, 0.05) is 17.6 Å². The zero-order valence-electron chi connectivity index (χ0n) is 16.7. The standard InChI is InChI=1S/C24H20N2.C2H6/c1-19-8-5-6-12-24(19)26(23-11-7-17-25-18-23)22-15-13-21(14-16-22)20-9-3-2-4-10-20;1-2/h2-18H,1H3;1-2H3. The Kier molecular flexibility index (Phi) is 6.59. The third-order valence-corrected chi connectivity index (χ3v) is 4.49. The maximum absolute atomic E-state index is 4.31. The highest BCUT2D eigenvalue weighted by atomic mass is 15.1. The molecule has 0 N–H and O–H groups in total. The summed E-state index contributed by atoms with van der Waals surface area (Å²) in [6, 6.07) is 31.6. The van der Waals surface area contributed by atoms with E-state index in [0.717, 1.165) is 17.1 Å². The zero-order valence-corrected chi connectivity index (χ0v) is 16.7. The van der Waals surface area contributed by atoms with E-state index in [4.69, 9.17) is 0 Å². The Morgan fingerprint density at radius 2 is 1.25 bits per heavy atom. The molecule has 28 heavy (non-hydrogen) atoms. The molecule has 0 unspecified atom stereocenters. The van der Waals surface area contributed by atoms with Crippen LogP contribution in [-0.2, 0) is 0 Å². The minimum atomic E-state index is 1.05. The molecule has 0 radical (unpaired) electrons. The van der Waals surface area contributed by atoms with Crippen LogP contribution in [0.3, 0.4) is 0 Å². The number of anilines is 3. The van der Waals surface area contributed by atoms with Crippen LogP contribution >= 0.6 is 0 Å². The quantitative estimate of drug-likeness (QED) is 0.370. The van der Waals surface area contributed by atoms with Gasteiger partial charge in [0.05, 0.1) is 11.9 Å². The normalized spacial score (nSPS) is 9.96. The van der Waals surface area contributed by atoms with Crippen LogP contribution in [0.15, 0.2) is 103 Å². The van der Waals surface area contributed by atoms with Crippen molar-refractivity contribution in [2.45, 2.75) is 20.8 Å². The lowest BCUT2D eigenvalue weighted by Crippen LogP contribution is -2.11. The van der Waals surface area contributed by atoms with E-state index in [1.54, 1.807) is 6.20 Å². The number of aromatic nitrogens is 1. The molecule has 1 heterocycles. The van der Waals surface area contributed by atoms with Gasteiger partial charge in [0.15, 0.2) is 0 Å². The Balaban J connectivity index is 0.00000109. The van der Waals surface area contributed by atoms with Crippen molar-refractivity contribution in [3.8, 4) is 11.1 Å². The molecule has 0 spiro atoms. The fourth-order valence-electron chi connectivity index (χ4n) is 3.16. The van der Waals surface area contributed by atoms with Gasteiger partial charge in [-0.3, -0.25) is 4.98 Å². The van der Waals surface area contributed by atoms with Gasteiger partial charge in [0.25, 0.3) is 0 Å². The Labute approximate surface area is 168 Å². The third-order valence-electron chi connectivity index (χ3n) is 4.49. The molecule has 0 saturated carbocycles. The number of pyridine rings is 1. The lowest BCUT2D eigenvalue weighted by atomic mass is 10.0. The van der Waals surface area contributed by atoms with Gasteiger partial charge in [-0.15, -0.1) is 0 Å². The first kappa shape index (κ1) is 19.4. The number of rotatable bonds is 4. The van der Waals surface area contributed by atoms with Gasteiger partial charge in [-0.25, -0.2) is 0 Å². The summed E-state index contributed by atoms with van der Waals surface area (Å²) in [6.07, 6.45) is 3.70. The summed E-state index contributed by atoms with van der Waals surface area (Å²) in [6.45, 7) is 6.14. The predicted molar refractivity (Wildman–Crippen MR) is 120 cm³/mol. The average molecular weight is 367 g/mol. The molecule has 3 aromatic carbocycles. The third kappa shape index (κ3) is 4.29. The van der Waals surface area contributed by atoms with E-state index in [1.807, 2.05) is 32.2 Å². The lowest BCUT2D eigenvalue weighted by molar-refractivity contribution is 1.21. The van der Waals surface area contributed by atoms with Crippen molar-refractivity contribution in [2.75, 3.05) is 4.90 Å². The molecule has 0 saturated heterocycles. The molecule has 0 fully saturated rings. The first-order chi connectivity index (χ1) is 13.8. The topological polar surface area (TPSA) is 16.1 Å². The van der Waals surface area contributed by atoms with Crippen molar-refractivity contribution in [3.63, 3.8) is 0 Å². The minimum Gasteiger partial charge on any atom is -0.309 e. The van der Waals surface area contributed by atoms with E-state index in [0.29, 0.717) is 0 Å². The second-order valence-electron chi connectivity index (χ2n) is 6.25. The van der Waals surface area contributed by atoms with Gasteiger partial charge in [-0.05, 0) is 53.9 Å². The van der Waals surface area contributed by atoms with Gasteiger partial charge >= 0.3 is 0 Å². The van der Waals surface area contributed by atoms with Crippen LogP contribution in [0.2, 0.25) is 0 Å². The molecule has 0 atom stereocenters. The number of hydrogen-bond acceptors (Lipinski definition) is 2. The van der Waals surface area contributed by atoms with Crippen LogP contribution in [0.5, 0.6) is 0 Å². The van der Waals surface area contributed by atoms with Crippen molar-refractivity contribution in [2.24, 2.45) is 0 Å². The smallest absolute Gasteiger partial charge is 0.0645 e. The fraction of sp³-hybridized carbons (Fsp3) is 0.115. The number of aryl methyl sites for hydroxylation is 1. The average Bonchev–Trinajstić information content (AvgIpc) is 2.78. The molecule has 0 aliphatic heterocycles. The Bertz CT molecular complexity index is 978. The van der Waals surface area contributed by atoms with E-state index >= 15 is 0 Å². The molecule has 0 aliphatic rings. The van der Waals surface area contributed by atoms with Crippen molar-refractivity contribution in [1.82, 2.24) is 4.98 Å². The lowest BCUT2D eigenvalue weighted by Gasteiger charge is -2.26. The summed E-state index contributed by atoms with van der Waals surface area (Å²) in [7, 11) is 0. The SMILES string of the molecule is CC.Cc1ccccc1N(c1ccc(-c2ccccc2)cc1)c1cccnc1. The second-order valence-corrected chi connectivity index (χ2v) is 6.25. The zero-order chi connectivity index (χ0) is 19.8. The van der Waals surface area contributed by atoms with Gasteiger partial charge in [-0.2, -0.15) is 0 Å². The van der Waals surface area contributed by atoms with Gasteiger partial charge in [0.1, 0.15) is 0 Å². The monoisotopic (exact) mass is 366 g/mol. The summed E-state index contributed by atoms with van der Waals surface area (Å²) >= 11 is 0. The van der Waals surface area contributed by atoms with Crippen molar-refractivity contribution in [3.05, 3.63) is 109 Å². The fourth-order valence-corrected chi connectivity index (χ4v) is 3.16. The summed E-state index contributed by atoms with van der Waals surface area (Å²) in [5.41, 5.74) is 6.99.